The minimum absolute atomic E-state index is 0.0249. The number of nitrogens with zero attached hydrogens (tertiary/aromatic N) is 4. The van der Waals surface area contributed by atoms with Crippen molar-refractivity contribution in [1.82, 2.24) is 19.9 Å². The minimum atomic E-state index is -0.0631. The number of hydrogen-bond acceptors (Lipinski definition) is 4. The lowest BCUT2D eigenvalue weighted by atomic mass is 10.0. The van der Waals surface area contributed by atoms with E-state index in [1.165, 1.54) is 0 Å². The van der Waals surface area contributed by atoms with Crippen LogP contribution in [-0.2, 0) is 0 Å². The number of hydrogen-bond donors (Lipinski definition) is 0. The zero-order chi connectivity index (χ0) is 16.2. The van der Waals surface area contributed by atoms with Crippen LogP contribution in [0.25, 0.3) is 11.0 Å². The molecule has 1 atom stereocenters. The fourth-order valence-electron chi connectivity index (χ4n) is 2.80. The first-order valence-electron chi connectivity index (χ1n) is 7.59. The monoisotopic (exact) mass is 306 g/mol. The predicted molar refractivity (Wildman–Crippen MR) is 88.9 cm³/mol. The Balaban J connectivity index is 1.98. The number of amides is 1. The van der Waals surface area contributed by atoms with Crippen LogP contribution in [-0.4, -0.2) is 32.8 Å². The third kappa shape index (κ3) is 2.90. The van der Waals surface area contributed by atoms with E-state index in [-0.39, 0.29) is 11.9 Å². The second-order valence-electron chi connectivity index (χ2n) is 5.36. The van der Waals surface area contributed by atoms with E-state index < -0.39 is 0 Å². The van der Waals surface area contributed by atoms with E-state index in [9.17, 15) is 4.79 Å². The number of aromatic nitrogens is 3. The van der Waals surface area contributed by atoms with E-state index in [0.29, 0.717) is 11.1 Å². The summed E-state index contributed by atoms with van der Waals surface area (Å²) in [6.45, 7) is 2.06. The molecule has 0 spiro atoms. The summed E-state index contributed by atoms with van der Waals surface area (Å²) in [5, 5.41) is 0. The van der Waals surface area contributed by atoms with Crippen LogP contribution in [0.5, 0.6) is 0 Å². The molecule has 0 aliphatic rings. The summed E-state index contributed by atoms with van der Waals surface area (Å²) < 4.78 is 0. The van der Waals surface area contributed by atoms with E-state index in [1.807, 2.05) is 31.3 Å². The molecule has 3 aromatic rings. The van der Waals surface area contributed by atoms with Gasteiger partial charge >= 0.3 is 0 Å². The molecule has 3 rings (SSSR count). The summed E-state index contributed by atoms with van der Waals surface area (Å²) in [4.78, 5) is 27.5. The van der Waals surface area contributed by atoms with Crippen LogP contribution in [0.4, 0.5) is 0 Å². The van der Waals surface area contributed by atoms with Crippen LogP contribution in [0.2, 0.25) is 0 Å². The lowest BCUT2D eigenvalue weighted by Crippen LogP contribution is -2.31. The van der Waals surface area contributed by atoms with Gasteiger partial charge in [0.2, 0.25) is 0 Å². The first-order valence-corrected chi connectivity index (χ1v) is 7.59. The molecule has 0 aliphatic heterocycles. The van der Waals surface area contributed by atoms with Crippen LogP contribution in [0, 0.1) is 0 Å². The van der Waals surface area contributed by atoms with Crippen molar-refractivity contribution in [2.45, 2.75) is 19.4 Å². The Morgan fingerprint density at radius 3 is 2.70 bits per heavy atom. The van der Waals surface area contributed by atoms with Gasteiger partial charge in [0, 0.05) is 31.8 Å². The highest BCUT2D eigenvalue weighted by Crippen LogP contribution is 2.25. The van der Waals surface area contributed by atoms with Crippen molar-refractivity contribution in [2.24, 2.45) is 0 Å². The van der Waals surface area contributed by atoms with Gasteiger partial charge in [0.1, 0.15) is 5.52 Å². The molecular weight excluding hydrogens is 288 g/mol. The van der Waals surface area contributed by atoms with Crippen molar-refractivity contribution in [3.05, 3.63) is 66.2 Å². The van der Waals surface area contributed by atoms with Crippen LogP contribution in [0.3, 0.4) is 0 Å². The Bertz CT molecular complexity index is 814. The number of fused-ring (bicyclic) bond motifs is 1. The van der Waals surface area contributed by atoms with Gasteiger partial charge in [-0.3, -0.25) is 19.7 Å². The predicted octanol–water partition coefficient (Wildman–Crippen LogP) is 3.25. The molecule has 0 aliphatic carbocycles. The van der Waals surface area contributed by atoms with E-state index in [2.05, 4.69) is 21.9 Å². The molecule has 5 heteroatoms. The molecule has 0 N–H and O–H groups in total. The van der Waals surface area contributed by atoms with Crippen LogP contribution in [0.1, 0.15) is 35.3 Å². The fourth-order valence-corrected chi connectivity index (χ4v) is 2.80. The first kappa shape index (κ1) is 15.1. The van der Waals surface area contributed by atoms with Crippen molar-refractivity contribution in [1.29, 1.82) is 0 Å². The Hall–Kier alpha value is -2.82. The van der Waals surface area contributed by atoms with Crippen molar-refractivity contribution in [3.63, 3.8) is 0 Å². The van der Waals surface area contributed by atoms with Gasteiger partial charge in [-0.05, 0) is 30.2 Å². The Morgan fingerprint density at radius 2 is 1.96 bits per heavy atom. The Morgan fingerprint density at radius 1 is 1.13 bits per heavy atom. The normalized spacial score (nSPS) is 12.1. The number of para-hydroxylation sites is 1. The fraction of sp³-hybridized carbons (Fsp3) is 0.222. The lowest BCUT2D eigenvalue weighted by Gasteiger charge is -2.27. The largest absolute Gasteiger partial charge is 0.335 e. The molecule has 0 saturated heterocycles. The maximum Gasteiger partial charge on any atom is 0.256 e. The van der Waals surface area contributed by atoms with Crippen molar-refractivity contribution < 1.29 is 4.79 Å². The van der Waals surface area contributed by atoms with E-state index in [0.717, 1.165) is 17.5 Å². The van der Waals surface area contributed by atoms with Gasteiger partial charge in [-0.2, -0.15) is 0 Å². The van der Waals surface area contributed by atoms with Crippen molar-refractivity contribution in [3.8, 4) is 0 Å². The number of pyridine rings is 1. The average molecular weight is 306 g/mol. The molecule has 116 valence electrons. The molecule has 0 radical (unpaired) electrons. The summed E-state index contributed by atoms with van der Waals surface area (Å²) in [6.07, 6.45) is 7.59. The smallest absolute Gasteiger partial charge is 0.256 e. The van der Waals surface area contributed by atoms with Gasteiger partial charge in [-0.1, -0.05) is 19.1 Å². The van der Waals surface area contributed by atoms with E-state index >= 15 is 0 Å². The minimum Gasteiger partial charge on any atom is -0.335 e. The second kappa shape index (κ2) is 6.52. The first-order chi connectivity index (χ1) is 11.2. The molecule has 2 aromatic heterocycles. The van der Waals surface area contributed by atoms with Crippen molar-refractivity contribution >= 4 is 16.9 Å². The molecule has 0 saturated carbocycles. The standard InChI is InChI=1S/C18H18N4O/c1-3-16(13-6-5-9-19-12-13)22(2)18(23)14-7-4-8-15-17(14)21-11-10-20-15/h4-12,16H,3H2,1-2H3. The zero-order valence-corrected chi connectivity index (χ0v) is 13.2. The molecule has 23 heavy (non-hydrogen) atoms. The third-order valence-corrected chi connectivity index (χ3v) is 3.97. The Labute approximate surface area is 135 Å². The summed E-state index contributed by atoms with van der Waals surface area (Å²) in [5.41, 5.74) is 2.95. The van der Waals surface area contributed by atoms with Crippen LogP contribution in [0.15, 0.2) is 55.1 Å². The molecule has 1 amide bonds. The Kier molecular flexibility index (Phi) is 4.28. The molecule has 0 bridgehead atoms. The zero-order valence-electron chi connectivity index (χ0n) is 13.2. The van der Waals surface area contributed by atoms with Gasteiger partial charge in [-0.25, -0.2) is 0 Å². The lowest BCUT2D eigenvalue weighted by molar-refractivity contribution is 0.0727. The number of carbonyl (C=O) groups is 1. The van der Waals surface area contributed by atoms with Gasteiger partial charge in [0.05, 0.1) is 17.1 Å². The number of rotatable bonds is 4. The van der Waals surface area contributed by atoms with Gasteiger partial charge < -0.3 is 4.90 Å². The van der Waals surface area contributed by atoms with E-state index in [1.54, 1.807) is 35.8 Å². The van der Waals surface area contributed by atoms with Crippen LogP contribution < -0.4 is 0 Å². The van der Waals surface area contributed by atoms with E-state index in [4.69, 9.17) is 0 Å². The number of carbonyl (C=O) groups excluding carboxylic acids is 1. The third-order valence-electron chi connectivity index (χ3n) is 3.97. The highest BCUT2D eigenvalue weighted by molar-refractivity contribution is 6.04. The van der Waals surface area contributed by atoms with Gasteiger partial charge in [0.25, 0.3) is 5.91 Å². The molecule has 0 fully saturated rings. The van der Waals surface area contributed by atoms with Crippen molar-refractivity contribution in [2.75, 3.05) is 7.05 Å². The maximum absolute atomic E-state index is 13.0. The summed E-state index contributed by atoms with van der Waals surface area (Å²) in [7, 11) is 1.82. The highest BCUT2D eigenvalue weighted by atomic mass is 16.2. The molecule has 1 aromatic carbocycles. The quantitative estimate of drug-likeness (QED) is 0.742. The van der Waals surface area contributed by atoms with Gasteiger partial charge in [0.15, 0.2) is 0 Å². The maximum atomic E-state index is 13.0. The summed E-state index contributed by atoms with van der Waals surface area (Å²) in [6, 6.07) is 9.35. The second-order valence-corrected chi connectivity index (χ2v) is 5.36. The highest BCUT2D eigenvalue weighted by Gasteiger charge is 2.23. The SMILES string of the molecule is CCC(c1cccnc1)N(C)C(=O)c1cccc2nccnc12. The van der Waals surface area contributed by atoms with Gasteiger partial charge in [-0.15, -0.1) is 0 Å². The van der Waals surface area contributed by atoms with Crippen LogP contribution >= 0.6 is 0 Å². The molecule has 2 heterocycles. The number of benzene rings is 1. The summed E-state index contributed by atoms with van der Waals surface area (Å²) in [5.74, 6) is -0.0631. The molecule has 5 nitrogen and oxygen atoms in total. The average Bonchev–Trinajstić information content (AvgIpc) is 2.62. The topological polar surface area (TPSA) is 59.0 Å². The summed E-state index contributed by atoms with van der Waals surface area (Å²) >= 11 is 0. The molecular formula is C18H18N4O. The molecule has 1 unspecified atom stereocenters.